The number of carbonyl (C=O) groups excluding carboxylic acids is 1. The summed E-state index contributed by atoms with van der Waals surface area (Å²) in [6, 6.07) is 12.4. The highest BCUT2D eigenvalue weighted by atomic mass is 16.2. The van der Waals surface area contributed by atoms with E-state index >= 15 is 0 Å². The van der Waals surface area contributed by atoms with Crippen molar-refractivity contribution in [3.63, 3.8) is 0 Å². The van der Waals surface area contributed by atoms with Gasteiger partial charge in [-0.05, 0) is 61.1 Å². The van der Waals surface area contributed by atoms with Crippen molar-refractivity contribution in [3.05, 3.63) is 58.7 Å². The number of aryl methyl sites for hydroxylation is 2. The molecule has 1 aliphatic rings. The lowest BCUT2D eigenvalue weighted by molar-refractivity contribution is 0.0793. The van der Waals surface area contributed by atoms with Gasteiger partial charge >= 0.3 is 0 Å². The third-order valence-electron chi connectivity index (χ3n) is 4.64. The number of amides is 1. The van der Waals surface area contributed by atoms with Crippen LogP contribution in [-0.4, -0.2) is 23.9 Å². The number of nitrogens with zero attached hydrogens (tertiary/aromatic N) is 1. The van der Waals surface area contributed by atoms with E-state index in [-0.39, 0.29) is 5.91 Å². The van der Waals surface area contributed by atoms with Crippen molar-refractivity contribution in [2.45, 2.75) is 33.2 Å². The van der Waals surface area contributed by atoms with Gasteiger partial charge in [0.15, 0.2) is 0 Å². The molecule has 0 aliphatic carbocycles. The summed E-state index contributed by atoms with van der Waals surface area (Å²) < 4.78 is 0. The zero-order chi connectivity index (χ0) is 16.4. The molecule has 0 aromatic heterocycles. The molecular weight excluding hydrogens is 284 g/mol. The minimum Gasteiger partial charge on any atom is -0.339 e. The number of benzene rings is 2. The predicted molar refractivity (Wildman–Crippen MR) is 94.4 cm³/mol. The van der Waals surface area contributed by atoms with Gasteiger partial charge in [0, 0.05) is 25.2 Å². The molecule has 0 radical (unpaired) electrons. The molecule has 2 aromatic carbocycles. The van der Waals surface area contributed by atoms with Crippen LogP contribution in [0.25, 0.3) is 11.1 Å². The highest BCUT2D eigenvalue weighted by molar-refractivity contribution is 5.95. The standard InChI is InChI=1S/C20H24N2O/c1-14-5-6-17(13-21)19(11-14)18-8-7-16(12-15(18)2)20(23)22-9-3-4-10-22/h5-8,11-12H,3-4,9-10,13,21H2,1-2H3. The summed E-state index contributed by atoms with van der Waals surface area (Å²) in [5, 5.41) is 0. The summed E-state index contributed by atoms with van der Waals surface area (Å²) in [5.74, 6) is 0.153. The normalized spacial score (nSPS) is 14.3. The summed E-state index contributed by atoms with van der Waals surface area (Å²) in [5.41, 5.74) is 12.5. The molecule has 1 heterocycles. The minimum atomic E-state index is 0.153. The lowest BCUT2D eigenvalue weighted by Gasteiger charge is -2.17. The van der Waals surface area contributed by atoms with E-state index < -0.39 is 0 Å². The van der Waals surface area contributed by atoms with Crippen LogP contribution < -0.4 is 5.73 Å². The summed E-state index contributed by atoms with van der Waals surface area (Å²) in [7, 11) is 0. The Labute approximate surface area is 138 Å². The Morgan fingerprint density at radius 1 is 1.04 bits per heavy atom. The Balaban J connectivity index is 1.96. The average Bonchev–Trinajstić information content (AvgIpc) is 3.08. The van der Waals surface area contributed by atoms with Crippen molar-refractivity contribution in [2.24, 2.45) is 5.73 Å². The van der Waals surface area contributed by atoms with Crippen LogP contribution in [0.1, 0.15) is 39.9 Å². The monoisotopic (exact) mass is 308 g/mol. The molecule has 0 bridgehead atoms. The zero-order valence-electron chi connectivity index (χ0n) is 13.9. The molecule has 1 saturated heterocycles. The lowest BCUT2D eigenvalue weighted by Crippen LogP contribution is -2.27. The fourth-order valence-electron chi connectivity index (χ4n) is 3.32. The fourth-order valence-corrected chi connectivity index (χ4v) is 3.32. The Bertz CT molecular complexity index is 730. The number of hydrogen-bond donors (Lipinski definition) is 1. The third-order valence-corrected chi connectivity index (χ3v) is 4.64. The first-order valence-electron chi connectivity index (χ1n) is 8.30. The molecule has 3 heteroatoms. The molecule has 120 valence electrons. The Kier molecular flexibility index (Phi) is 4.49. The molecule has 3 rings (SSSR count). The molecular formula is C20H24N2O. The zero-order valence-corrected chi connectivity index (χ0v) is 13.9. The first-order chi connectivity index (χ1) is 11.1. The van der Waals surface area contributed by atoms with E-state index in [1.165, 1.54) is 11.1 Å². The van der Waals surface area contributed by atoms with E-state index in [0.717, 1.165) is 48.2 Å². The van der Waals surface area contributed by atoms with Gasteiger partial charge < -0.3 is 10.6 Å². The molecule has 0 saturated carbocycles. The van der Waals surface area contributed by atoms with Gasteiger partial charge in [-0.1, -0.05) is 29.8 Å². The maximum atomic E-state index is 12.5. The van der Waals surface area contributed by atoms with E-state index in [1.807, 2.05) is 17.0 Å². The van der Waals surface area contributed by atoms with Gasteiger partial charge in [-0.2, -0.15) is 0 Å². The topological polar surface area (TPSA) is 46.3 Å². The van der Waals surface area contributed by atoms with Gasteiger partial charge in [-0.25, -0.2) is 0 Å². The van der Waals surface area contributed by atoms with Crippen LogP contribution in [0, 0.1) is 13.8 Å². The molecule has 0 spiro atoms. The predicted octanol–water partition coefficient (Wildman–Crippen LogP) is 3.67. The number of likely N-dealkylation sites (tertiary alicyclic amines) is 1. The molecule has 0 unspecified atom stereocenters. The molecule has 1 amide bonds. The maximum Gasteiger partial charge on any atom is 0.253 e. The van der Waals surface area contributed by atoms with Crippen LogP contribution in [0.5, 0.6) is 0 Å². The second kappa shape index (κ2) is 6.55. The highest BCUT2D eigenvalue weighted by Gasteiger charge is 2.20. The second-order valence-electron chi connectivity index (χ2n) is 6.39. The van der Waals surface area contributed by atoms with Crippen molar-refractivity contribution in [3.8, 4) is 11.1 Å². The summed E-state index contributed by atoms with van der Waals surface area (Å²) in [6.45, 7) is 6.44. The summed E-state index contributed by atoms with van der Waals surface area (Å²) in [6.07, 6.45) is 2.23. The van der Waals surface area contributed by atoms with Crippen LogP contribution in [0.15, 0.2) is 36.4 Å². The fraction of sp³-hybridized carbons (Fsp3) is 0.350. The van der Waals surface area contributed by atoms with Gasteiger partial charge in [0.2, 0.25) is 0 Å². The molecule has 23 heavy (non-hydrogen) atoms. The van der Waals surface area contributed by atoms with Gasteiger partial charge in [-0.3, -0.25) is 4.79 Å². The Hall–Kier alpha value is -2.13. The first-order valence-corrected chi connectivity index (χ1v) is 8.30. The van der Waals surface area contributed by atoms with Crippen LogP contribution in [-0.2, 0) is 6.54 Å². The van der Waals surface area contributed by atoms with E-state index in [0.29, 0.717) is 6.54 Å². The molecule has 2 aromatic rings. The molecule has 1 fully saturated rings. The Morgan fingerprint density at radius 2 is 1.78 bits per heavy atom. The number of hydrogen-bond acceptors (Lipinski definition) is 2. The maximum absolute atomic E-state index is 12.5. The third kappa shape index (κ3) is 3.15. The SMILES string of the molecule is Cc1ccc(CN)c(-c2ccc(C(=O)N3CCCC3)cc2C)c1. The molecule has 0 atom stereocenters. The van der Waals surface area contributed by atoms with E-state index in [9.17, 15) is 4.79 Å². The number of rotatable bonds is 3. The first kappa shape index (κ1) is 15.8. The minimum absolute atomic E-state index is 0.153. The van der Waals surface area contributed by atoms with Crippen LogP contribution in [0.3, 0.4) is 0 Å². The van der Waals surface area contributed by atoms with E-state index in [2.05, 4.69) is 38.1 Å². The number of carbonyl (C=O) groups is 1. The van der Waals surface area contributed by atoms with E-state index in [1.54, 1.807) is 0 Å². The van der Waals surface area contributed by atoms with E-state index in [4.69, 9.17) is 5.73 Å². The van der Waals surface area contributed by atoms with Crippen molar-refractivity contribution in [1.82, 2.24) is 4.90 Å². The Morgan fingerprint density at radius 3 is 2.43 bits per heavy atom. The summed E-state index contributed by atoms with van der Waals surface area (Å²) >= 11 is 0. The lowest BCUT2D eigenvalue weighted by atomic mass is 9.93. The summed E-state index contributed by atoms with van der Waals surface area (Å²) in [4.78, 5) is 14.5. The molecule has 3 nitrogen and oxygen atoms in total. The largest absolute Gasteiger partial charge is 0.339 e. The number of nitrogens with two attached hydrogens (primary N) is 1. The van der Waals surface area contributed by atoms with Crippen LogP contribution in [0.4, 0.5) is 0 Å². The highest BCUT2D eigenvalue weighted by Crippen LogP contribution is 2.29. The van der Waals surface area contributed by atoms with Gasteiger partial charge in [-0.15, -0.1) is 0 Å². The van der Waals surface area contributed by atoms with Gasteiger partial charge in [0.25, 0.3) is 5.91 Å². The van der Waals surface area contributed by atoms with Gasteiger partial charge in [0.05, 0.1) is 0 Å². The van der Waals surface area contributed by atoms with Crippen molar-refractivity contribution < 1.29 is 4.79 Å². The average molecular weight is 308 g/mol. The smallest absolute Gasteiger partial charge is 0.253 e. The second-order valence-corrected chi connectivity index (χ2v) is 6.39. The quantitative estimate of drug-likeness (QED) is 0.940. The van der Waals surface area contributed by atoms with Gasteiger partial charge in [0.1, 0.15) is 0 Å². The van der Waals surface area contributed by atoms with Crippen LogP contribution in [0.2, 0.25) is 0 Å². The van der Waals surface area contributed by atoms with Crippen molar-refractivity contribution in [1.29, 1.82) is 0 Å². The van der Waals surface area contributed by atoms with Crippen molar-refractivity contribution in [2.75, 3.05) is 13.1 Å². The van der Waals surface area contributed by atoms with Crippen LogP contribution >= 0.6 is 0 Å². The molecule has 2 N–H and O–H groups in total. The van der Waals surface area contributed by atoms with Crippen molar-refractivity contribution >= 4 is 5.91 Å². The molecule has 1 aliphatic heterocycles.